The molecule has 0 atom stereocenters. The standard InChI is InChI=1S/C25H18N2O2/c1-16-8-5-6-11-18(16)24(28)26-21-14-15-22-23-19(21)12-7-13-20(23)25(29)27(22)17-9-3-2-4-10-17/h2-15H,1H3,(H,26,28). The van der Waals surface area contributed by atoms with Gasteiger partial charge in [-0.1, -0.05) is 48.5 Å². The Morgan fingerprint density at radius 1 is 0.828 bits per heavy atom. The predicted molar refractivity (Wildman–Crippen MR) is 116 cm³/mol. The van der Waals surface area contributed by atoms with Crippen LogP contribution in [0.4, 0.5) is 17.1 Å². The molecule has 0 spiro atoms. The Morgan fingerprint density at radius 3 is 2.38 bits per heavy atom. The zero-order chi connectivity index (χ0) is 20.0. The molecule has 0 aromatic heterocycles. The molecule has 0 radical (unpaired) electrons. The molecule has 1 N–H and O–H groups in total. The van der Waals surface area contributed by atoms with Gasteiger partial charge in [0.05, 0.1) is 11.3 Å². The van der Waals surface area contributed by atoms with Crippen molar-refractivity contribution in [2.24, 2.45) is 0 Å². The number of amides is 2. The van der Waals surface area contributed by atoms with Crippen LogP contribution < -0.4 is 10.2 Å². The van der Waals surface area contributed by atoms with Gasteiger partial charge in [-0.05, 0) is 48.9 Å². The molecule has 4 aromatic carbocycles. The van der Waals surface area contributed by atoms with Gasteiger partial charge in [0, 0.05) is 27.7 Å². The number of anilines is 3. The summed E-state index contributed by atoms with van der Waals surface area (Å²) in [6.07, 6.45) is 0. The fourth-order valence-electron chi connectivity index (χ4n) is 3.94. The van der Waals surface area contributed by atoms with Crippen LogP contribution in [0.15, 0.2) is 84.9 Å². The first-order valence-corrected chi connectivity index (χ1v) is 9.47. The van der Waals surface area contributed by atoms with Crippen LogP contribution in [0.5, 0.6) is 0 Å². The van der Waals surface area contributed by atoms with Crippen molar-refractivity contribution in [3.8, 4) is 0 Å². The number of hydrogen-bond donors (Lipinski definition) is 1. The van der Waals surface area contributed by atoms with Crippen molar-refractivity contribution in [1.29, 1.82) is 0 Å². The summed E-state index contributed by atoms with van der Waals surface area (Å²) in [5.74, 6) is -0.216. The fourth-order valence-corrected chi connectivity index (χ4v) is 3.94. The lowest BCUT2D eigenvalue weighted by atomic mass is 10.0. The lowest BCUT2D eigenvalue weighted by Gasteiger charge is -2.18. The Kier molecular flexibility index (Phi) is 3.91. The number of carbonyl (C=O) groups excluding carboxylic acids is 2. The number of rotatable bonds is 3. The molecule has 4 aromatic rings. The second-order valence-corrected chi connectivity index (χ2v) is 7.11. The lowest BCUT2D eigenvalue weighted by molar-refractivity contribution is 0.100. The molecule has 0 bridgehead atoms. The molecule has 0 saturated carbocycles. The first-order valence-electron chi connectivity index (χ1n) is 9.47. The van der Waals surface area contributed by atoms with Crippen molar-refractivity contribution >= 4 is 39.6 Å². The zero-order valence-electron chi connectivity index (χ0n) is 15.8. The van der Waals surface area contributed by atoms with Gasteiger partial charge >= 0.3 is 0 Å². The molecule has 1 heterocycles. The molecule has 0 saturated heterocycles. The third-order valence-corrected chi connectivity index (χ3v) is 5.35. The van der Waals surface area contributed by atoms with Crippen LogP contribution in [0.1, 0.15) is 26.3 Å². The first-order chi connectivity index (χ1) is 14.1. The van der Waals surface area contributed by atoms with E-state index >= 15 is 0 Å². The minimum Gasteiger partial charge on any atom is -0.321 e. The molecule has 4 nitrogen and oxygen atoms in total. The Labute approximate surface area is 168 Å². The summed E-state index contributed by atoms with van der Waals surface area (Å²) in [4.78, 5) is 27.7. The van der Waals surface area contributed by atoms with Crippen molar-refractivity contribution in [3.05, 3.63) is 102 Å². The van der Waals surface area contributed by atoms with Crippen molar-refractivity contribution in [2.75, 3.05) is 10.2 Å². The van der Waals surface area contributed by atoms with Gasteiger partial charge < -0.3 is 5.32 Å². The van der Waals surface area contributed by atoms with Crippen molar-refractivity contribution in [1.82, 2.24) is 0 Å². The van der Waals surface area contributed by atoms with Gasteiger partial charge in [-0.2, -0.15) is 0 Å². The van der Waals surface area contributed by atoms with E-state index in [-0.39, 0.29) is 11.8 Å². The maximum absolute atomic E-state index is 13.1. The van der Waals surface area contributed by atoms with E-state index in [4.69, 9.17) is 0 Å². The molecular formula is C25H18N2O2. The first kappa shape index (κ1) is 17.2. The van der Waals surface area contributed by atoms with Crippen LogP contribution in [0, 0.1) is 6.92 Å². The monoisotopic (exact) mass is 378 g/mol. The average Bonchev–Trinajstić information content (AvgIpc) is 3.04. The SMILES string of the molecule is Cc1ccccc1C(=O)Nc1ccc2c3c(cccc13)C(=O)N2c1ccccc1. The van der Waals surface area contributed by atoms with E-state index < -0.39 is 0 Å². The number of nitrogens with one attached hydrogen (secondary N) is 1. The molecule has 1 aliphatic heterocycles. The van der Waals surface area contributed by atoms with Gasteiger partial charge in [0.25, 0.3) is 11.8 Å². The van der Waals surface area contributed by atoms with Crippen LogP contribution in [0.25, 0.3) is 10.8 Å². The van der Waals surface area contributed by atoms with E-state index in [1.165, 1.54) is 0 Å². The summed E-state index contributed by atoms with van der Waals surface area (Å²) < 4.78 is 0. The number of para-hydroxylation sites is 1. The highest BCUT2D eigenvalue weighted by Crippen LogP contribution is 2.43. The highest BCUT2D eigenvalue weighted by Gasteiger charge is 2.31. The van der Waals surface area contributed by atoms with Gasteiger partial charge in [0.2, 0.25) is 0 Å². The van der Waals surface area contributed by atoms with Gasteiger partial charge in [0.1, 0.15) is 0 Å². The molecule has 5 rings (SSSR count). The van der Waals surface area contributed by atoms with Crippen molar-refractivity contribution in [2.45, 2.75) is 6.92 Å². The average molecular weight is 378 g/mol. The summed E-state index contributed by atoms with van der Waals surface area (Å²) in [5, 5.41) is 4.74. The van der Waals surface area contributed by atoms with E-state index in [2.05, 4.69) is 5.32 Å². The van der Waals surface area contributed by atoms with E-state index in [1.54, 1.807) is 4.90 Å². The summed E-state index contributed by atoms with van der Waals surface area (Å²) in [6.45, 7) is 1.92. The van der Waals surface area contributed by atoms with E-state index in [9.17, 15) is 9.59 Å². The molecule has 0 aliphatic carbocycles. The fraction of sp³-hybridized carbons (Fsp3) is 0.0400. The van der Waals surface area contributed by atoms with E-state index in [0.29, 0.717) is 16.8 Å². The molecule has 0 unspecified atom stereocenters. The molecule has 4 heteroatoms. The third kappa shape index (κ3) is 2.69. The Balaban J connectivity index is 1.62. The van der Waals surface area contributed by atoms with Gasteiger partial charge in [-0.3, -0.25) is 14.5 Å². The quantitative estimate of drug-likeness (QED) is 0.498. The van der Waals surface area contributed by atoms with Crippen molar-refractivity contribution < 1.29 is 9.59 Å². The highest BCUT2D eigenvalue weighted by atomic mass is 16.2. The van der Waals surface area contributed by atoms with Gasteiger partial charge in [-0.25, -0.2) is 0 Å². The predicted octanol–water partition coefficient (Wildman–Crippen LogP) is 5.69. The molecular weight excluding hydrogens is 360 g/mol. The number of carbonyl (C=O) groups is 2. The smallest absolute Gasteiger partial charge is 0.263 e. The maximum atomic E-state index is 13.1. The van der Waals surface area contributed by atoms with E-state index in [1.807, 2.05) is 91.9 Å². The Hall–Kier alpha value is -3.92. The normalized spacial score (nSPS) is 12.4. The van der Waals surface area contributed by atoms with Crippen LogP contribution in [-0.4, -0.2) is 11.8 Å². The highest BCUT2D eigenvalue weighted by molar-refractivity contribution is 6.29. The molecule has 29 heavy (non-hydrogen) atoms. The zero-order valence-corrected chi connectivity index (χ0v) is 15.8. The summed E-state index contributed by atoms with van der Waals surface area (Å²) in [7, 11) is 0. The van der Waals surface area contributed by atoms with Crippen LogP contribution in [0.2, 0.25) is 0 Å². The summed E-state index contributed by atoms with van der Waals surface area (Å²) >= 11 is 0. The number of nitrogens with zero attached hydrogens (tertiary/aromatic N) is 1. The summed E-state index contributed by atoms with van der Waals surface area (Å²) in [6, 6.07) is 26.5. The maximum Gasteiger partial charge on any atom is 0.263 e. The number of aryl methyl sites for hydroxylation is 1. The number of hydrogen-bond acceptors (Lipinski definition) is 2. The van der Waals surface area contributed by atoms with Crippen molar-refractivity contribution in [3.63, 3.8) is 0 Å². The minimum atomic E-state index is -0.159. The minimum absolute atomic E-state index is 0.0563. The van der Waals surface area contributed by atoms with Crippen LogP contribution in [-0.2, 0) is 0 Å². The Morgan fingerprint density at radius 2 is 1.59 bits per heavy atom. The topological polar surface area (TPSA) is 49.4 Å². The molecule has 140 valence electrons. The molecule has 0 fully saturated rings. The second-order valence-electron chi connectivity index (χ2n) is 7.11. The second kappa shape index (κ2) is 6.60. The largest absolute Gasteiger partial charge is 0.321 e. The lowest BCUT2D eigenvalue weighted by Crippen LogP contribution is -2.20. The van der Waals surface area contributed by atoms with Gasteiger partial charge in [0.15, 0.2) is 0 Å². The van der Waals surface area contributed by atoms with Crippen LogP contribution >= 0.6 is 0 Å². The molecule has 1 aliphatic rings. The Bertz CT molecular complexity index is 1280. The number of benzene rings is 4. The summed E-state index contributed by atoms with van der Waals surface area (Å²) in [5.41, 5.74) is 4.56. The third-order valence-electron chi connectivity index (χ3n) is 5.35. The molecule has 2 amide bonds. The van der Waals surface area contributed by atoms with Gasteiger partial charge in [-0.15, -0.1) is 0 Å². The van der Waals surface area contributed by atoms with Crippen LogP contribution in [0.3, 0.4) is 0 Å². The van der Waals surface area contributed by atoms with E-state index in [0.717, 1.165) is 27.7 Å².